The highest BCUT2D eigenvalue weighted by atomic mass is 16.5. The molecule has 5 atom stereocenters. The van der Waals surface area contributed by atoms with Crippen molar-refractivity contribution in [2.24, 2.45) is 5.92 Å². The van der Waals surface area contributed by atoms with Crippen molar-refractivity contribution in [3.63, 3.8) is 0 Å². The zero-order valence-corrected chi connectivity index (χ0v) is 10.2. The van der Waals surface area contributed by atoms with Gasteiger partial charge >= 0.3 is 0 Å². The van der Waals surface area contributed by atoms with Gasteiger partial charge in [0.15, 0.2) is 0 Å². The molecule has 3 N–H and O–H groups in total. The Bertz CT molecular complexity index is 200. The van der Waals surface area contributed by atoms with E-state index in [4.69, 9.17) is 9.47 Å². The fraction of sp³-hybridized carbons (Fsp3) is 1.00. The van der Waals surface area contributed by atoms with E-state index < -0.39 is 6.10 Å². The molecule has 0 radical (unpaired) electrons. The number of likely N-dealkylation sites (N-methyl/N-ethyl adjacent to an activating group) is 1. The highest BCUT2D eigenvalue weighted by Crippen LogP contribution is 2.28. The monoisotopic (exact) mass is 233 g/mol. The van der Waals surface area contributed by atoms with Gasteiger partial charge in [0, 0.05) is 13.0 Å². The average molecular weight is 233 g/mol. The number of hydrogen-bond donors (Lipinski definition) is 3. The molecule has 0 spiro atoms. The molecule has 0 aliphatic carbocycles. The number of nitrogens with one attached hydrogen (secondary N) is 1. The van der Waals surface area contributed by atoms with Crippen molar-refractivity contribution < 1.29 is 19.7 Å². The van der Waals surface area contributed by atoms with Crippen LogP contribution in [-0.4, -0.2) is 61.9 Å². The first kappa shape index (κ1) is 13.9. The number of aliphatic hydroxyl groups is 2. The summed E-state index contributed by atoms with van der Waals surface area (Å²) in [7, 11) is 3.40. The Morgan fingerprint density at radius 3 is 2.50 bits per heavy atom. The van der Waals surface area contributed by atoms with Crippen molar-refractivity contribution in [2.45, 2.75) is 37.7 Å². The van der Waals surface area contributed by atoms with Crippen molar-refractivity contribution in [1.29, 1.82) is 0 Å². The standard InChI is InChI=1S/C11H23NO4/c1-4-7-8(5-13)16-9(6-15-3)10(12-2)11(7)14/h7-14H,4-6H2,1-3H3. The second-order valence-corrected chi connectivity index (χ2v) is 4.23. The van der Waals surface area contributed by atoms with Crippen LogP contribution >= 0.6 is 0 Å². The number of methoxy groups -OCH3 is 1. The maximum Gasteiger partial charge on any atom is 0.0991 e. The Morgan fingerprint density at radius 1 is 1.38 bits per heavy atom. The number of ether oxygens (including phenoxy) is 2. The fourth-order valence-corrected chi connectivity index (χ4v) is 2.46. The van der Waals surface area contributed by atoms with Gasteiger partial charge in [-0.3, -0.25) is 0 Å². The maximum atomic E-state index is 10.2. The van der Waals surface area contributed by atoms with E-state index in [0.717, 1.165) is 6.42 Å². The van der Waals surface area contributed by atoms with E-state index in [1.54, 1.807) is 14.2 Å². The van der Waals surface area contributed by atoms with Crippen LogP contribution < -0.4 is 5.32 Å². The molecule has 1 rings (SSSR count). The van der Waals surface area contributed by atoms with E-state index in [1.165, 1.54) is 0 Å². The molecular formula is C11H23NO4. The van der Waals surface area contributed by atoms with Crippen LogP contribution in [-0.2, 0) is 9.47 Å². The summed E-state index contributed by atoms with van der Waals surface area (Å²) in [4.78, 5) is 0. The van der Waals surface area contributed by atoms with Crippen LogP contribution in [0.3, 0.4) is 0 Å². The smallest absolute Gasteiger partial charge is 0.0991 e. The van der Waals surface area contributed by atoms with Gasteiger partial charge in [0.2, 0.25) is 0 Å². The summed E-state index contributed by atoms with van der Waals surface area (Å²) in [6, 6.07) is -0.146. The molecule has 5 unspecified atom stereocenters. The van der Waals surface area contributed by atoms with Gasteiger partial charge in [-0.15, -0.1) is 0 Å². The van der Waals surface area contributed by atoms with E-state index in [1.807, 2.05) is 6.92 Å². The molecule has 1 aliphatic rings. The van der Waals surface area contributed by atoms with Crippen LogP contribution in [0.5, 0.6) is 0 Å². The van der Waals surface area contributed by atoms with Crippen molar-refractivity contribution in [2.75, 3.05) is 27.4 Å². The minimum absolute atomic E-state index is 0.0319. The molecule has 1 saturated heterocycles. The lowest BCUT2D eigenvalue weighted by molar-refractivity contribution is -0.179. The summed E-state index contributed by atoms with van der Waals surface area (Å²) >= 11 is 0. The lowest BCUT2D eigenvalue weighted by Gasteiger charge is -2.44. The molecule has 1 aliphatic heterocycles. The second kappa shape index (κ2) is 6.51. The van der Waals surface area contributed by atoms with Crippen LogP contribution in [0.1, 0.15) is 13.3 Å². The Kier molecular flexibility index (Phi) is 5.64. The minimum atomic E-state index is -0.513. The highest BCUT2D eigenvalue weighted by Gasteiger charge is 2.43. The van der Waals surface area contributed by atoms with E-state index in [0.29, 0.717) is 6.61 Å². The van der Waals surface area contributed by atoms with Crippen LogP contribution in [0.15, 0.2) is 0 Å². The lowest BCUT2D eigenvalue weighted by atomic mass is 9.84. The molecule has 5 nitrogen and oxygen atoms in total. The largest absolute Gasteiger partial charge is 0.394 e. The molecule has 96 valence electrons. The SMILES string of the molecule is CCC1C(CO)OC(COC)C(NC)C1O. The Hall–Kier alpha value is -0.200. The van der Waals surface area contributed by atoms with E-state index in [2.05, 4.69) is 5.32 Å². The van der Waals surface area contributed by atoms with Crippen molar-refractivity contribution in [3.05, 3.63) is 0 Å². The van der Waals surface area contributed by atoms with Crippen LogP contribution in [0.4, 0.5) is 0 Å². The van der Waals surface area contributed by atoms with E-state index >= 15 is 0 Å². The van der Waals surface area contributed by atoms with Gasteiger partial charge in [0.05, 0.1) is 37.6 Å². The van der Waals surface area contributed by atoms with Gasteiger partial charge < -0.3 is 25.0 Å². The topological polar surface area (TPSA) is 71.0 Å². The van der Waals surface area contributed by atoms with Crippen LogP contribution in [0, 0.1) is 5.92 Å². The molecule has 0 aromatic rings. The third kappa shape index (κ3) is 2.73. The zero-order chi connectivity index (χ0) is 12.1. The van der Waals surface area contributed by atoms with Gasteiger partial charge in [-0.25, -0.2) is 0 Å². The number of aliphatic hydroxyl groups excluding tert-OH is 2. The molecule has 16 heavy (non-hydrogen) atoms. The molecule has 0 saturated carbocycles. The lowest BCUT2D eigenvalue weighted by Crippen LogP contribution is -2.61. The van der Waals surface area contributed by atoms with Gasteiger partial charge in [-0.2, -0.15) is 0 Å². The Labute approximate surface area is 96.7 Å². The summed E-state index contributed by atoms with van der Waals surface area (Å²) in [6.07, 6.45) is -0.250. The molecule has 0 aromatic heterocycles. The van der Waals surface area contributed by atoms with Gasteiger partial charge in [-0.05, 0) is 13.5 Å². The minimum Gasteiger partial charge on any atom is -0.394 e. The summed E-state index contributed by atoms with van der Waals surface area (Å²) in [5.41, 5.74) is 0. The highest BCUT2D eigenvalue weighted by molar-refractivity contribution is 4.94. The molecule has 0 amide bonds. The van der Waals surface area contributed by atoms with Gasteiger partial charge in [0.1, 0.15) is 0 Å². The molecule has 1 fully saturated rings. The van der Waals surface area contributed by atoms with Gasteiger partial charge in [0.25, 0.3) is 0 Å². The third-order valence-electron chi connectivity index (χ3n) is 3.35. The maximum absolute atomic E-state index is 10.2. The van der Waals surface area contributed by atoms with Crippen molar-refractivity contribution >= 4 is 0 Å². The zero-order valence-electron chi connectivity index (χ0n) is 10.2. The Morgan fingerprint density at radius 2 is 2.06 bits per heavy atom. The third-order valence-corrected chi connectivity index (χ3v) is 3.35. The summed E-state index contributed by atoms with van der Waals surface area (Å²) < 4.78 is 10.8. The van der Waals surface area contributed by atoms with Crippen LogP contribution in [0.25, 0.3) is 0 Å². The number of hydrogen-bond acceptors (Lipinski definition) is 5. The summed E-state index contributed by atoms with van der Waals surface area (Å²) in [6.45, 7) is 2.34. The molecular weight excluding hydrogens is 210 g/mol. The first-order chi connectivity index (χ1) is 7.69. The quantitative estimate of drug-likeness (QED) is 0.589. The molecule has 0 aromatic carbocycles. The summed E-state index contributed by atoms with van der Waals surface area (Å²) in [5, 5.41) is 22.5. The van der Waals surface area contributed by atoms with E-state index in [9.17, 15) is 10.2 Å². The normalized spacial score (nSPS) is 39.9. The van der Waals surface area contributed by atoms with Gasteiger partial charge in [-0.1, -0.05) is 6.92 Å². The average Bonchev–Trinajstić information content (AvgIpc) is 2.29. The molecule has 1 heterocycles. The second-order valence-electron chi connectivity index (χ2n) is 4.23. The van der Waals surface area contributed by atoms with Crippen LogP contribution in [0.2, 0.25) is 0 Å². The molecule has 5 heteroatoms. The fourth-order valence-electron chi connectivity index (χ4n) is 2.46. The van der Waals surface area contributed by atoms with E-state index in [-0.39, 0.29) is 30.8 Å². The van der Waals surface area contributed by atoms with Crippen molar-refractivity contribution in [1.82, 2.24) is 5.32 Å². The summed E-state index contributed by atoms with van der Waals surface area (Å²) in [5.74, 6) is -0.0319. The molecule has 0 bridgehead atoms. The predicted molar refractivity (Wildman–Crippen MR) is 60.3 cm³/mol. The first-order valence-electron chi connectivity index (χ1n) is 5.80. The predicted octanol–water partition coefficient (Wildman–Crippen LogP) is -0.632. The Balaban J connectivity index is 2.75. The van der Waals surface area contributed by atoms with Crippen molar-refractivity contribution in [3.8, 4) is 0 Å². The number of rotatable bonds is 5. The first-order valence-corrected chi connectivity index (χ1v) is 5.80.